The normalized spacial score (nSPS) is 27.1. The average Bonchev–Trinajstić information content (AvgIpc) is 3.14. The van der Waals surface area contributed by atoms with Crippen LogP contribution in [0.1, 0.15) is 17.2 Å². The minimum Gasteiger partial charge on any atom is -0.508 e. The lowest BCUT2D eigenvalue weighted by molar-refractivity contribution is -0.142. The van der Waals surface area contributed by atoms with Crippen molar-refractivity contribution in [1.29, 1.82) is 0 Å². The van der Waals surface area contributed by atoms with Crippen molar-refractivity contribution >= 4 is 23.5 Å². The Kier molecular flexibility index (Phi) is 3.96. The molecule has 7 heteroatoms. The smallest absolute Gasteiger partial charge is 0.321 e. The van der Waals surface area contributed by atoms with Gasteiger partial charge >= 0.3 is 5.97 Å². The highest BCUT2D eigenvalue weighted by molar-refractivity contribution is 6.23. The minimum absolute atomic E-state index is 0.0474. The summed E-state index contributed by atoms with van der Waals surface area (Å²) in [7, 11) is 0. The number of phenols is 1. The molecule has 0 radical (unpaired) electrons. The lowest BCUT2D eigenvalue weighted by atomic mass is 9.86. The fraction of sp³-hybridized carbons (Fsp3) is 0.250. The summed E-state index contributed by atoms with van der Waals surface area (Å²) < 4.78 is 0. The first-order valence-corrected chi connectivity index (χ1v) is 8.61. The molecule has 2 heterocycles. The van der Waals surface area contributed by atoms with Crippen molar-refractivity contribution in [2.75, 3.05) is 4.90 Å². The second kappa shape index (κ2) is 6.21. The number of anilines is 1. The summed E-state index contributed by atoms with van der Waals surface area (Å²) >= 11 is 0. The topological polar surface area (TPSA) is 107 Å². The number of benzene rings is 2. The first kappa shape index (κ1) is 17.2. The molecule has 27 heavy (non-hydrogen) atoms. The van der Waals surface area contributed by atoms with Gasteiger partial charge in [0, 0.05) is 11.6 Å². The Bertz CT molecular complexity index is 940. The van der Waals surface area contributed by atoms with Crippen LogP contribution in [0.25, 0.3) is 0 Å². The number of aryl methyl sites for hydroxylation is 1. The third-order valence-electron chi connectivity index (χ3n) is 5.31. The van der Waals surface area contributed by atoms with Gasteiger partial charge < -0.3 is 10.2 Å². The summed E-state index contributed by atoms with van der Waals surface area (Å²) in [6.07, 6.45) is 0. The van der Waals surface area contributed by atoms with Gasteiger partial charge in [0.1, 0.15) is 11.8 Å². The summed E-state index contributed by atoms with van der Waals surface area (Å²) in [6, 6.07) is 11.4. The van der Waals surface area contributed by atoms with Crippen LogP contribution < -0.4 is 10.2 Å². The molecular formula is C20H18N2O5. The number of fused-ring (bicyclic) bond motifs is 1. The number of carbonyl (C=O) groups excluding carboxylic acids is 2. The van der Waals surface area contributed by atoms with Gasteiger partial charge in [-0.25, -0.2) is 4.90 Å². The highest BCUT2D eigenvalue weighted by atomic mass is 16.4. The maximum atomic E-state index is 13.1. The minimum atomic E-state index is -1.20. The Hall–Kier alpha value is -3.19. The van der Waals surface area contributed by atoms with E-state index in [1.54, 1.807) is 42.5 Å². The van der Waals surface area contributed by atoms with E-state index < -0.39 is 41.7 Å². The number of phenolic OH excluding ortho intramolecular Hbond substituents is 1. The summed E-state index contributed by atoms with van der Waals surface area (Å²) in [5.41, 5.74) is 1.81. The molecule has 0 unspecified atom stereocenters. The van der Waals surface area contributed by atoms with Gasteiger partial charge in [-0.1, -0.05) is 35.9 Å². The number of carboxylic acids is 1. The third kappa shape index (κ3) is 2.59. The van der Waals surface area contributed by atoms with E-state index >= 15 is 0 Å². The SMILES string of the molecule is Cc1ccc(N2C(=O)[C@@H]3[C@H](C2=O)[C@H](C(=O)O)N[C@@H]3c2ccccc2O)cc1. The fourth-order valence-corrected chi connectivity index (χ4v) is 4.02. The second-order valence-electron chi connectivity index (χ2n) is 6.92. The molecule has 2 amide bonds. The molecule has 4 atom stereocenters. The molecule has 0 bridgehead atoms. The van der Waals surface area contributed by atoms with E-state index in [1.807, 2.05) is 6.92 Å². The number of amides is 2. The van der Waals surface area contributed by atoms with Crippen LogP contribution in [-0.2, 0) is 14.4 Å². The number of hydrogen-bond donors (Lipinski definition) is 3. The lowest BCUT2D eigenvalue weighted by Crippen LogP contribution is -2.43. The number of aliphatic carboxylic acids is 1. The Balaban J connectivity index is 1.79. The van der Waals surface area contributed by atoms with E-state index in [4.69, 9.17) is 0 Å². The summed E-state index contributed by atoms with van der Waals surface area (Å²) in [4.78, 5) is 38.9. The zero-order chi connectivity index (χ0) is 19.3. The maximum absolute atomic E-state index is 13.1. The first-order chi connectivity index (χ1) is 12.9. The van der Waals surface area contributed by atoms with Gasteiger partial charge in [-0.15, -0.1) is 0 Å². The van der Waals surface area contributed by atoms with Crippen molar-refractivity contribution in [3.8, 4) is 5.75 Å². The predicted octanol–water partition coefficient (Wildman–Crippen LogP) is 1.60. The van der Waals surface area contributed by atoms with Gasteiger partial charge in [0.05, 0.1) is 17.5 Å². The maximum Gasteiger partial charge on any atom is 0.321 e. The molecule has 0 aromatic heterocycles. The molecule has 0 aliphatic carbocycles. The number of aromatic hydroxyl groups is 1. The molecule has 2 aliphatic rings. The van der Waals surface area contributed by atoms with Crippen LogP contribution in [0.3, 0.4) is 0 Å². The van der Waals surface area contributed by atoms with Crippen LogP contribution in [0.15, 0.2) is 48.5 Å². The number of carbonyl (C=O) groups is 3. The number of rotatable bonds is 3. The molecule has 2 saturated heterocycles. The van der Waals surface area contributed by atoms with E-state index in [9.17, 15) is 24.6 Å². The first-order valence-electron chi connectivity index (χ1n) is 8.61. The highest BCUT2D eigenvalue weighted by Crippen LogP contribution is 2.46. The summed E-state index contributed by atoms with van der Waals surface area (Å²) in [5.74, 6) is -4.16. The Labute approximate surface area is 155 Å². The van der Waals surface area contributed by atoms with E-state index in [-0.39, 0.29) is 5.75 Å². The highest BCUT2D eigenvalue weighted by Gasteiger charge is 2.61. The molecular weight excluding hydrogens is 348 g/mol. The standard InChI is InChI=1S/C20H18N2O5/c1-10-6-8-11(9-7-10)22-18(24)14-15(19(22)25)17(20(26)27)21-16(14)12-4-2-3-5-13(12)23/h2-9,14-17,21,23H,1H3,(H,26,27)/t14-,15+,16-,17-/m1/s1. The summed E-state index contributed by atoms with van der Waals surface area (Å²) in [6.45, 7) is 1.89. The number of carboxylic acid groups (broad SMARTS) is 1. The van der Waals surface area contributed by atoms with E-state index in [2.05, 4.69) is 5.32 Å². The van der Waals surface area contributed by atoms with Gasteiger partial charge in [-0.3, -0.25) is 19.7 Å². The molecule has 0 saturated carbocycles. The summed E-state index contributed by atoms with van der Waals surface area (Å²) in [5, 5.41) is 22.6. The second-order valence-corrected chi connectivity index (χ2v) is 6.92. The average molecular weight is 366 g/mol. The Morgan fingerprint density at radius 1 is 1.00 bits per heavy atom. The van der Waals surface area contributed by atoms with Crippen molar-refractivity contribution in [1.82, 2.24) is 5.32 Å². The fourth-order valence-electron chi connectivity index (χ4n) is 4.02. The van der Waals surface area contributed by atoms with Crippen LogP contribution in [0.2, 0.25) is 0 Å². The van der Waals surface area contributed by atoms with Crippen molar-refractivity contribution in [2.24, 2.45) is 11.8 Å². The van der Waals surface area contributed by atoms with Gasteiger partial charge in [0.15, 0.2) is 0 Å². The van der Waals surface area contributed by atoms with Gasteiger partial charge in [0.2, 0.25) is 11.8 Å². The van der Waals surface area contributed by atoms with E-state index in [0.717, 1.165) is 10.5 Å². The predicted molar refractivity (Wildman–Crippen MR) is 96.1 cm³/mol. The molecule has 2 aliphatic heterocycles. The zero-order valence-electron chi connectivity index (χ0n) is 14.5. The van der Waals surface area contributed by atoms with Gasteiger partial charge in [-0.2, -0.15) is 0 Å². The monoisotopic (exact) mass is 366 g/mol. The van der Waals surface area contributed by atoms with Crippen molar-refractivity contribution in [2.45, 2.75) is 19.0 Å². The Morgan fingerprint density at radius 2 is 1.63 bits per heavy atom. The van der Waals surface area contributed by atoms with Crippen LogP contribution >= 0.6 is 0 Å². The van der Waals surface area contributed by atoms with Crippen molar-refractivity contribution in [3.05, 3.63) is 59.7 Å². The lowest BCUT2D eigenvalue weighted by Gasteiger charge is -2.22. The molecule has 2 fully saturated rings. The van der Waals surface area contributed by atoms with Crippen LogP contribution in [0.4, 0.5) is 5.69 Å². The van der Waals surface area contributed by atoms with Crippen LogP contribution in [0, 0.1) is 18.8 Å². The largest absolute Gasteiger partial charge is 0.508 e. The zero-order valence-corrected chi connectivity index (χ0v) is 14.5. The van der Waals surface area contributed by atoms with Gasteiger partial charge in [0.25, 0.3) is 0 Å². The number of para-hydroxylation sites is 1. The molecule has 0 spiro atoms. The molecule has 4 rings (SSSR count). The Morgan fingerprint density at radius 3 is 2.26 bits per heavy atom. The van der Waals surface area contributed by atoms with E-state index in [1.165, 1.54) is 6.07 Å². The van der Waals surface area contributed by atoms with Crippen LogP contribution in [0.5, 0.6) is 5.75 Å². The number of nitrogens with one attached hydrogen (secondary N) is 1. The number of nitrogens with zero attached hydrogens (tertiary/aromatic N) is 1. The number of imide groups is 1. The molecule has 3 N–H and O–H groups in total. The third-order valence-corrected chi connectivity index (χ3v) is 5.31. The number of hydrogen-bond acceptors (Lipinski definition) is 5. The molecule has 2 aromatic rings. The quantitative estimate of drug-likeness (QED) is 0.713. The molecule has 138 valence electrons. The van der Waals surface area contributed by atoms with E-state index in [0.29, 0.717) is 11.3 Å². The van der Waals surface area contributed by atoms with Gasteiger partial charge in [-0.05, 0) is 25.1 Å². The molecule has 7 nitrogen and oxygen atoms in total. The molecule has 2 aromatic carbocycles. The van der Waals surface area contributed by atoms with Crippen molar-refractivity contribution in [3.63, 3.8) is 0 Å². The van der Waals surface area contributed by atoms with Crippen LogP contribution in [-0.4, -0.2) is 34.0 Å². The van der Waals surface area contributed by atoms with Crippen molar-refractivity contribution < 1.29 is 24.6 Å².